The molecule has 1 fully saturated rings. The molecule has 0 saturated carbocycles. The number of benzene rings is 1. The van der Waals surface area contributed by atoms with Crippen molar-refractivity contribution in [3.05, 3.63) is 41.5 Å². The van der Waals surface area contributed by atoms with Crippen LogP contribution in [-0.2, 0) is 0 Å². The molecule has 0 N–H and O–H groups in total. The van der Waals surface area contributed by atoms with Crippen molar-refractivity contribution < 1.29 is 0 Å². The molecule has 0 atom stereocenters. The second-order valence-electron chi connectivity index (χ2n) is 4.74. The number of nitrogens with zero attached hydrogens (tertiary/aromatic N) is 1. The summed E-state index contributed by atoms with van der Waals surface area (Å²) >= 11 is 0. The van der Waals surface area contributed by atoms with Crippen molar-refractivity contribution in [2.24, 2.45) is 0 Å². The normalized spacial score (nSPS) is 16.9. The lowest BCUT2D eigenvalue weighted by Crippen LogP contribution is -2.30. The highest BCUT2D eigenvalue weighted by atomic mass is 15.1. The molecule has 1 aromatic rings. The zero-order valence-electron chi connectivity index (χ0n) is 12.2. The summed E-state index contributed by atoms with van der Waals surface area (Å²) in [5.41, 5.74) is 2.78. The molecule has 1 saturated heterocycles. The van der Waals surface area contributed by atoms with Gasteiger partial charge in [0.1, 0.15) is 0 Å². The van der Waals surface area contributed by atoms with Gasteiger partial charge in [-0.25, -0.2) is 0 Å². The summed E-state index contributed by atoms with van der Waals surface area (Å²) in [7, 11) is 0. The van der Waals surface area contributed by atoms with Crippen molar-refractivity contribution in [2.45, 2.75) is 40.0 Å². The van der Waals surface area contributed by atoms with Crippen LogP contribution in [0.4, 0.5) is 0 Å². The highest BCUT2D eigenvalue weighted by Gasteiger charge is 2.09. The van der Waals surface area contributed by atoms with Crippen LogP contribution < -0.4 is 0 Å². The molecular weight excluding hydrogens is 218 g/mol. The second-order valence-corrected chi connectivity index (χ2v) is 4.74. The molecule has 0 bridgehead atoms. The van der Waals surface area contributed by atoms with Crippen LogP contribution in [0.2, 0.25) is 0 Å². The summed E-state index contributed by atoms with van der Waals surface area (Å²) in [6.45, 7) is 9.93. The maximum atomic E-state index is 2.57. The van der Waals surface area contributed by atoms with Crippen LogP contribution in [0.3, 0.4) is 0 Å². The molecule has 1 heteroatoms. The lowest BCUT2D eigenvalue weighted by Gasteiger charge is -2.26. The molecule has 100 valence electrons. The third-order valence-corrected chi connectivity index (χ3v) is 3.13. The summed E-state index contributed by atoms with van der Waals surface area (Å²) in [6.07, 6.45) is 6.46. The van der Waals surface area contributed by atoms with Crippen molar-refractivity contribution in [2.75, 3.05) is 19.6 Å². The van der Waals surface area contributed by atoms with E-state index < -0.39 is 0 Å². The first-order chi connectivity index (χ1) is 8.84. The molecule has 0 aliphatic carbocycles. The van der Waals surface area contributed by atoms with Crippen molar-refractivity contribution in [3.8, 4) is 0 Å². The molecular formula is C17H27N. The lowest BCUT2D eigenvalue weighted by molar-refractivity contribution is 0.247. The number of piperidine rings is 1. The van der Waals surface area contributed by atoms with Gasteiger partial charge < -0.3 is 0 Å². The van der Waals surface area contributed by atoms with Crippen molar-refractivity contribution in [1.82, 2.24) is 4.90 Å². The average Bonchev–Trinajstić information content (AvgIpc) is 2.43. The Hall–Kier alpha value is -1.08. The summed E-state index contributed by atoms with van der Waals surface area (Å²) < 4.78 is 0. The highest BCUT2D eigenvalue weighted by molar-refractivity contribution is 5.52. The van der Waals surface area contributed by atoms with Gasteiger partial charge in [-0.1, -0.05) is 62.2 Å². The molecule has 1 aromatic carbocycles. The van der Waals surface area contributed by atoms with E-state index in [0.29, 0.717) is 0 Å². The Morgan fingerprint density at radius 3 is 2.28 bits per heavy atom. The van der Waals surface area contributed by atoms with E-state index in [4.69, 9.17) is 0 Å². The molecule has 2 rings (SSSR count). The summed E-state index contributed by atoms with van der Waals surface area (Å²) in [4.78, 5) is 2.57. The number of likely N-dealkylation sites (tertiary alicyclic amines) is 1. The molecule has 18 heavy (non-hydrogen) atoms. The van der Waals surface area contributed by atoms with Crippen LogP contribution in [0.15, 0.2) is 35.9 Å². The molecule has 1 aliphatic rings. The molecule has 1 heterocycles. The third kappa shape index (κ3) is 5.50. The minimum absolute atomic E-state index is 1.13. The molecule has 0 spiro atoms. The molecule has 1 nitrogen and oxygen atoms in total. The van der Waals surface area contributed by atoms with Crippen molar-refractivity contribution in [1.29, 1.82) is 0 Å². The first kappa shape index (κ1) is 15.0. The first-order valence-electron chi connectivity index (χ1n) is 7.29. The van der Waals surface area contributed by atoms with Gasteiger partial charge in [-0.2, -0.15) is 0 Å². The summed E-state index contributed by atoms with van der Waals surface area (Å²) in [6, 6.07) is 10.6. The topological polar surface area (TPSA) is 3.24 Å². The van der Waals surface area contributed by atoms with Crippen LogP contribution >= 0.6 is 0 Å². The van der Waals surface area contributed by atoms with E-state index in [1.165, 1.54) is 43.5 Å². The summed E-state index contributed by atoms with van der Waals surface area (Å²) in [5.74, 6) is 0. The van der Waals surface area contributed by atoms with Gasteiger partial charge in [0.05, 0.1) is 0 Å². The predicted octanol–water partition coefficient (Wildman–Crippen LogP) is 4.60. The molecule has 0 unspecified atom stereocenters. The van der Waals surface area contributed by atoms with Crippen LogP contribution in [0.25, 0.3) is 6.08 Å². The smallest absolute Gasteiger partial charge is 0.0193 e. The molecule has 0 aromatic heterocycles. The first-order valence-corrected chi connectivity index (χ1v) is 7.29. The Balaban J connectivity index is 0.000000771. The van der Waals surface area contributed by atoms with Crippen LogP contribution in [0.5, 0.6) is 0 Å². The van der Waals surface area contributed by atoms with E-state index in [-0.39, 0.29) is 0 Å². The van der Waals surface area contributed by atoms with E-state index in [9.17, 15) is 0 Å². The van der Waals surface area contributed by atoms with Gasteiger partial charge in [0, 0.05) is 6.54 Å². The van der Waals surface area contributed by atoms with Gasteiger partial charge in [0.15, 0.2) is 0 Å². The Labute approximate surface area is 113 Å². The van der Waals surface area contributed by atoms with Gasteiger partial charge in [-0.3, -0.25) is 4.90 Å². The van der Waals surface area contributed by atoms with Crippen LogP contribution in [-0.4, -0.2) is 24.5 Å². The maximum absolute atomic E-state index is 2.57. The van der Waals surface area contributed by atoms with Gasteiger partial charge in [0.25, 0.3) is 0 Å². The van der Waals surface area contributed by atoms with E-state index in [1.807, 2.05) is 13.8 Å². The largest absolute Gasteiger partial charge is 0.299 e. The van der Waals surface area contributed by atoms with E-state index in [1.54, 1.807) is 0 Å². The maximum Gasteiger partial charge on any atom is 0.0193 e. The molecule has 0 radical (unpaired) electrons. The Kier molecular flexibility index (Phi) is 7.43. The fraction of sp³-hybridized carbons (Fsp3) is 0.529. The van der Waals surface area contributed by atoms with E-state index in [0.717, 1.165) is 6.54 Å². The Morgan fingerprint density at radius 1 is 1.06 bits per heavy atom. The van der Waals surface area contributed by atoms with Crippen molar-refractivity contribution >= 4 is 6.08 Å². The Bertz CT molecular complexity index is 334. The van der Waals surface area contributed by atoms with Crippen LogP contribution in [0, 0.1) is 0 Å². The fourth-order valence-electron chi connectivity index (χ4n) is 2.35. The zero-order chi connectivity index (χ0) is 13.2. The minimum Gasteiger partial charge on any atom is -0.299 e. The fourth-order valence-corrected chi connectivity index (χ4v) is 2.35. The average molecular weight is 245 g/mol. The lowest BCUT2D eigenvalue weighted by atomic mass is 10.1. The van der Waals surface area contributed by atoms with Crippen LogP contribution in [0.1, 0.15) is 45.6 Å². The quantitative estimate of drug-likeness (QED) is 0.752. The third-order valence-electron chi connectivity index (χ3n) is 3.13. The number of hydrogen-bond donors (Lipinski definition) is 0. The zero-order valence-corrected chi connectivity index (χ0v) is 12.2. The highest BCUT2D eigenvalue weighted by Crippen LogP contribution is 2.12. The minimum atomic E-state index is 1.13. The monoisotopic (exact) mass is 245 g/mol. The van der Waals surface area contributed by atoms with Gasteiger partial charge in [0.2, 0.25) is 0 Å². The van der Waals surface area contributed by atoms with Gasteiger partial charge >= 0.3 is 0 Å². The van der Waals surface area contributed by atoms with Gasteiger partial charge in [-0.05, 0) is 38.4 Å². The predicted molar refractivity (Wildman–Crippen MR) is 81.7 cm³/mol. The molecule has 0 amide bonds. The number of hydrogen-bond acceptors (Lipinski definition) is 1. The summed E-state index contributed by atoms with van der Waals surface area (Å²) in [5, 5.41) is 0. The van der Waals surface area contributed by atoms with Crippen molar-refractivity contribution in [3.63, 3.8) is 0 Å². The SMILES string of the molecule is C/C(=C\c1ccccc1)CN1CCCCC1.CC. The Morgan fingerprint density at radius 2 is 1.67 bits per heavy atom. The number of rotatable bonds is 3. The van der Waals surface area contributed by atoms with Gasteiger partial charge in [-0.15, -0.1) is 0 Å². The second kappa shape index (κ2) is 8.93. The van der Waals surface area contributed by atoms with E-state index >= 15 is 0 Å². The molecule has 1 aliphatic heterocycles. The van der Waals surface area contributed by atoms with E-state index in [2.05, 4.69) is 48.2 Å². The standard InChI is InChI=1S/C15H21N.C2H6/c1-14(12-15-8-4-2-5-9-15)13-16-10-6-3-7-11-16;1-2/h2,4-5,8-9,12H,3,6-7,10-11,13H2,1H3;1-2H3/b14-12+;.